The summed E-state index contributed by atoms with van der Waals surface area (Å²) in [6.45, 7) is 2.67. The van der Waals surface area contributed by atoms with Crippen LogP contribution in [-0.2, 0) is 14.5 Å². The molecule has 3 aliphatic carbocycles. The number of carbonyl (C=O) groups is 2. The number of hydrogen-bond acceptors (Lipinski definition) is 3. The SMILES string of the molecule is CCCOc1ccc(N2C(=O)[C@H]3C4c5ccccc5C(Cl)(c5ccccc54)[C@H]3C2=O)cc1. The normalized spacial score (nSPS) is 27.2. The lowest BCUT2D eigenvalue weighted by Gasteiger charge is -2.50. The van der Waals surface area contributed by atoms with Gasteiger partial charge >= 0.3 is 0 Å². The van der Waals surface area contributed by atoms with E-state index in [1.807, 2.05) is 67.6 Å². The third-order valence-electron chi connectivity index (χ3n) is 7.08. The van der Waals surface area contributed by atoms with Crippen molar-refractivity contribution in [1.29, 1.82) is 0 Å². The zero-order valence-electron chi connectivity index (χ0n) is 17.6. The second-order valence-corrected chi connectivity index (χ2v) is 9.32. The molecule has 0 saturated carbocycles. The second-order valence-electron chi connectivity index (χ2n) is 8.72. The minimum Gasteiger partial charge on any atom is -0.494 e. The van der Waals surface area contributed by atoms with Crippen LogP contribution < -0.4 is 9.64 Å². The Labute approximate surface area is 191 Å². The Morgan fingerprint density at radius 1 is 0.875 bits per heavy atom. The standard InChI is InChI=1S/C27H22ClNO3/c1-2-15-32-17-13-11-16(12-14-17)29-25(30)23-22-18-7-3-5-9-20(18)27(28,24(23)26(29)31)21-10-6-4-8-19(21)22/h3-14,22-24H,2,15H2,1H3/t22?,23-,24+,27?/m0/s1. The molecule has 0 spiro atoms. The molecule has 1 saturated heterocycles. The fraction of sp³-hybridized carbons (Fsp3) is 0.259. The first-order valence-corrected chi connectivity index (χ1v) is 11.4. The average molecular weight is 444 g/mol. The number of benzene rings is 3. The van der Waals surface area contributed by atoms with Gasteiger partial charge in [0.05, 0.1) is 24.1 Å². The largest absolute Gasteiger partial charge is 0.494 e. The summed E-state index contributed by atoms with van der Waals surface area (Å²) in [5.41, 5.74) is 4.55. The van der Waals surface area contributed by atoms with Crippen molar-refractivity contribution in [2.45, 2.75) is 24.1 Å². The fourth-order valence-electron chi connectivity index (χ4n) is 5.85. The number of halogens is 1. The van der Waals surface area contributed by atoms with Gasteiger partial charge in [-0.3, -0.25) is 9.59 Å². The molecule has 2 amide bonds. The van der Waals surface area contributed by atoms with Crippen LogP contribution in [0.25, 0.3) is 0 Å². The van der Waals surface area contributed by atoms with E-state index in [0.717, 1.165) is 34.4 Å². The molecular formula is C27H22ClNO3. The van der Waals surface area contributed by atoms with Crippen molar-refractivity contribution in [3.63, 3.8) is 0 Å². The van der Waals surface area contributed by atoms with E-state index in [4.69, 9.17) is 16.3 Å². The molecule has 2 atom stereocenters. The number of carbonyl (C=O) groups excluding carboxylic acids is 2. The Kier molecular flexibility index (Phi) is 4.25. The van der Waals surface area contributed by atoms with Crippen molar-refractivity contribution >= 4 is 29.1 Å². The Bertz CT molecular complexity index is 1200. The van der Waals surface area contributed by atoms with E-state index in [0.29, 0.717) is 12.3 Å². The van der Waals surface area contributed by atoms with Crippen molar-refractivity contribution in [2.24, 2.45) is 11.8 Å². The van der Waals surface area contributed by atoms with Crippen LogP contribution in [0.3, 0.4) is 0 Å². The summed E-state index contributed by atoms with van der Waals surface area (Å²) < 4.78 is 5.66. The van der Waals surface area contributed by atoms with Gasteiger partial charge in [0, 0.05) is 5.92 Å². The highest BCUT2D eigenvalue weighted by Crippen LogP contribution is 2.65. The van der Waals surface area contributed by atoms with Crippen LogP contribution in [0.2, 0.25) is 0 Å². The van der Waals surface area contributed by atoms with E-state index >= 15 is 0 Å². The van der Waals surface area contributed by atoms with Crippen molar-refractivity contribution < 1.29 is 14.3 Å². The zero-order valence-corrected chi connectivity index (χ0v) is 18.4. The molecule has 7 rings (SSSR count). The Morgan fingerprint density at radius 2 is 1.47 bits per heavy atom. The van der Waals surface area contributed by atoms with Gasteiger partial charge in [0.25, 0.3) is 0 Å². The molecule has 4 aliphatic rings. The minimum atomic E-state index is -1.06. The van der Waals surface area contributed by atoms with Crippen molar-refractivity contribution in [3.8, 4) is 5.75 Å². The van der Waals surface area contributed by atoms with E-state index in [1.165, 1.54) is 4.90 Å². The molecular weight excluding hydrogens is 422 g/mol. The minimum absolute atomic E-state index is 0.179. The van der Waals surface area contributed by atoms with Crippen LogP contribution in [0.5, 0.6) is 5.75 Å². The van der Waals surface area contributed by atoms with Crippen molar-refractivity contribution in [3.05, 3.63) is 95.1 Å². The van der Waals surface area contributed by atoms with Crippen molar-refractivity contribution in [2.75, 3.05) is 11.5 Å². The summed E-state index contributed by atoms with van der Waals surface area (Å²) in [5, 5.41) is 0. The molecule has 3 aromatic rings. The quantitative estimate of drug-likeness (QED) is 0.410. The van der Waals surface area contributed by atoms with Crippen LogP contribution in [-0.4, -0.2) is 18.4 Å². The average Bonchev–Trinajstić information content (AvgIpc) is 3.10. The highest BCUT2D eigenvalue weighted by atomic mass is 35.5. The second kappa shape index (κ2) is 6.94. The first kappa shape index (κ1) is 19.6. The maximum Gasteiger partial charge on any atom is 0.240 e. The van der Waals surface area contributed by atoms with E-state index in [9.17, 15) is 9.59 Å². The smallest absolute Gasteiger partial charge is 0.240 e. The van der Waals surface area contributed by atoms with Crippen LogP contribution in [0.15, 0.2) is 72.8 Å². The van der Waals surface area contributed by atoms with E-state index in [2.05, 4.69) is 0 Å². The monoisotopic (exact) mass is 443 g/mol. The number of anilines is 1. The van der Waals surface area contributed by atoms with Crippen molar-refractivity contribution in [1.82, 2.24) is 0 Å². The van der Waals surface area contributed by atoms with E-state index in [-0.39, 0.29) is 17.7 Å². The molecule has 0 unspecified atom stereocenters. The van der Waals surface area contributed by atoms with Gasteiger partial charge in [0.15, 0.2) is 0 Å². The summed E-state index contributed by atoms with van der Waals surface area (Å²) in [6.07, 6.45) is 0.911. The molecule has 1 aliphatic heterocycles. The van der Waals surface area contributed by atoms with Gasteiger partial charge in [-0.2, -0.15) is 0 Å². The molecule has 3 aromatic carbocycles. The Balaban J connectivity index is 1.48. The maximum atomic E-state index is 13.8. The molecule has 2 bridgehead atoms. The third-order valence-corrected chi connectivity index (χ3v) is 7.72. The summed E-state index contributed by atoms with van der Waals surface area (Å²) >= 11 is 7.44. The fourth-order valence-corrected chi connectivity index (χ4v) is 6.42. The first-order valence-electron chi connectivity index (χ1n) is 11.1. The molecule has 5 heteroatoms. The Hall–Kier alpha value is -3.11. The first-order chi connectivity index (χ1) is 15.6. The number of ether oxygens (including phenoxy) is 1. The summed E-state index contributed by atoms with van der Waals surface area (Å²) in [6, 6.07) is 23.1. The lowest BCUT2D eigenvalue weighted by atomic mass is 9.54. The number of rotatable bonds is 4. The topological polar surface area (TPSA) is 46.6 Å². The van der Waals surface area contributed by atoms with Gasteiger partial charge in [0.1, 0.15) is 10.6 Å². The number of amides is 2. The van der Waals surface area contributed by atoms with Crippen LogP contribution in [0, 0.1) is 11.8 Å². The lowest BCUT2D eigenvalue weighted by molar-refractivity contribution is -0.122. The third kappa shape index (κ3) is 2.39. The summed E-state index contributed by atoms with van der Waals surface area (Å²) in [4.78, 5) is 27.9. The van der Waals surface area contributed by atoms with Gasteiger partial charge in [-0.05, 0) is 52.9 Å². The highest BCUT2D eigenvalue weighted by molar-refractivity contribution is 6.33. The van der Waals surface area contributed by atoms with E-state index in [1.54, 1.807) is 12.1 Å². The van der Waals surface area contributed by atoms with Gasteiger partial charge in [-0.15, -0.1) is 11.6 Å². The maximum absolute atomic E-state index is 13.8. The number of nitrogens with zero attached hydrogens (tertiary/aromatic N) is 1. The highest BCUT2D eigenvalue weighted by Gasteiger charge is 2.67. The molecule has 1 heterocycles. The molecule has 32 heavy (non-hydrogen) atoms. The zero-order chi connectivity index (χ0) is 22.0. The van der Waals surface area contributed by atoms with Gasteiger partial charge in [-0.1, -0.05) is 55.5 Å². The predicted octanol–water partition coefficient (Wildman–Crippen LogP) is 5.22. The summed E-state index contributed by atoms with van der Waals surface area (Å²) in [7, 11) is 0. The van der Waals surface area contributed by atoms with Crippen LogP contribution >= 0.6 is 11.6 Å². The molecule has 4 nitrogen and oxygen atoms in total. The molecule has 0 N–H and O–H groups in total. The van der Waals surface area contributed by atoms with Gasteiger partial charge in [0.2, 0.25) is 11.8 Å². The molecule has 1 fully saturated rings. The molecule has 160 valence electrons. The van der Waals surface area contributed by atoms with Gasteiger partial charge in [-0.25, -0.2) is 4.90 Å². The number of imide groups is 1. The van der Waals surface area contributed by atoms with Gasteiger partial charge < -0.3 is 4.74 Å². The molecule has 0 aromatic heterocycles. The predicted molar refractivity (Wildman–Crippen MR) is 123 cm³/mol. The molecule has 0 radical (unpaired) electrons. The summed E-state index contributed by atoms with van der Waals surface area (Å²) in [5.74, 6) is -1.02. The van der Waals surface area contributed by atoms with E-state index < -0.39 is 16.7 Å². The number of hydrogen-bond donors (Lipinski definition) is 0. The van der Waals surface area contributed by atoms with Crippen LogP contribution in [0.1, 0.15) is 41.5 Å². The number of alkyl halides is 1. The van der Waals surface area contributed by atoms with Crippen LogP contribution in [0.4, 0.5) is 5.69 Å². The Morgan fingerprint density at radius 3 is 2.06 bits per heavy atom. The lowest BCUT2D eigenvalue weighted by Crippen LogP contribution is -2.50.